The van der Waals surface area contributed by atoms with Crippen molar-refractivity contribution in [2.45, 2.75) is 12.8 Å². The second-order valence-electron chi connectivity index (χ2n) is 4.23. The van der Waals surface area contributed by atoms with E-state index in [1.54, 1.807) is 24.3 Å². The van der Waals surface area contributed by atoms with Gasteiger partial charge in [0, 0.05) is 31.9 Å². The Morgan fingerprint density at radius 3 is 2.65 bits per heavy atom. The molecule has 0 aliphatic heterocycles. The number of hydrogen-bond acceptors (Lipinski definition) is 5. The van der Waals surface area contributed by atoms with Gasteiger partial charge in [-0.05, 0) is 31.0 Å². The van der Waals surface area contributed by atoms with Gasteiger partial charge in [0.15, 0.2) is 0 Å². The van der Waals surface area contributed by atoms with Crippen LogP contribution in [0.3, 0.4) is 0 Å². The first-order valence-electron chi connectivity index (χ1n) is 6.71. The number of hydrogen-bond donors (Lipinski definition) is 4. The fraction of sp³-hybridized carbons (Fsp3) is 0.500. The Morgan fingerprint density at radius 1 is 1.15 bits per heavy atom. The van der Waals surface area contributed by atoms with E-state index in [1.165, 1.54) is 0 Å². The van der Waals surface area contributed by atoms with Gasteiger partial charge in [-0.25, -0.2) is 0 Å². The SMILES string of the molecule is O=C(NCCCO)c1cccc(OCNCCCO)c1. The van der Waals surface area contributed by atoms with Crippen LogP contribution in [0.25, 0.3) is 0 Å². The molecule has 1 amide bonds. The van der Waals surface area contributed by atoms with Gasteiger partial charge in [-0.2, -0.15) is 0 Å². The molecule has 0 spiro atoms. The fourth-order valence-corrected chi connectivity index (χ4v) is 1.52. The van der Waals surface area contributed by atoms with Crippen molar-refractivity contribution in [2.24, 2.45) is 0 Å². The molecule has 0 unspecified atom stereocenters. The van der Waals surface area contributed by atoms with Crippen molar-refractivity contribution >= 4 is 5.91 Å². The largest absolute Gasteiger partial charge is 0.478 e. The summed E-state index contributed by atoms with van der Waals surface area (Å²) in [4.78, 5) is 11.8. The maximum Gasteiger partial charge on any atom is 0.251 e. The summed E-state index contributed by atoms with van der Waals surface area (Å²) in [7, 11) is 0. The van der Waals surface area contributed by atoms with E-state index in [-0.39, 0.29) is 19.1 Å². The summed E-state index contributed by atoms with van der Waals surface area (Å²) in [6.45, 7) is 1.66. The predicted molar refractivity (Wildman–Crippen MR) is 75.7 cm³/mol. The lowest BCUT2D eigenvalue weighted by Gasteiger charge is -2.09. The van der Waals surface area contributed by atoms with Crippen LogP contribution in [-0.2, 0) is 0 Å². The summed E-state index contributed by atoms with van der Waals surface area (Å²) in [6.07, 6.45) is 1.22. The minimum absolute atomic E-state index is 0.0585. The molecule has 0 heterocycles. The molecule has 0 aliphatic rings. The first kappa shape index (κ1) is 16.4. The van der Waals surface area contributed by atoms with Crippen LogP contribution in [0, 0.1) is 0 Å². The predicted octanol–water partition coefficient (Wildman–Crippen LogP) is 0.107. The fourth-order valence-electron chi connectivity index (χ4n) is 1.52. The van der Waals surface area contributed by atoms with Gasteiger partial charge in [0.05, 0.1) is 0 Å². The minimum atomic E-state index is -0.183. The topological polar surface area (TPSA) is 90.8 Å². The highest BCUT2D eigenvalue weighted by Gasteiger charge is 2.05. The Balaban J connectivity index is 2.38. The van der Waals surface area contributed by atoms with Crippen molar-refractivity contribution in [1.29, 1.82) is 0 Å². The molecule has 0 saturated heterocycles. The molecule has 1 aromatic rings. The van der Waals surface area contributed by atoms with Crippen LogP contribution in [-0.4, -0.2) is 49.2 Å². The number of benzene rings is 1. The third-order valence-corrected chi connectivity index (χ3v) is 2.57. The molecule has 1 aromatic carbocycles. The third-order valence-electron chi connectivity index (χ3n) is 2.57. The molecule has 1 rings (SSSR count). The van der Waals surface area contributed by atoms with E-state index in [1.807, 2.05) is 0 Å². The summed E-state index contributed by atoms with van der Waals surface area (Å²) in [5.41, 5.74) is 0.524. The Hall–Kier alpha value is -1.63. The quantitative estimate of drug-likeness (QED) is 0.361. The molecule has 112 valence electrons. The van der Waals surface area contributed by atoms with E-state index >= 15 is 0 Å². The summed E-state index contributed by atoms with van der Waals surface area (Å²) in [6, 6.07) is 6.91. The first-order valence-corrected chi connectivity index (χ1v) is 6.71. The molecular weight excluding hydrogens is 260 g/mol. The average Bonchev–Trinajstić information content (AvgIpc) is 2.47. The van der Waals surface area contributed by atoms with Crippen LogP contribution in [0.1, 0.15) is 23.2 Å². The molecule has 4 N–H and O–H groups in total. The molecule has 0 bridgehead atoms. The van der Waals surface area contributed by atoms with E-state index < -0.39 is 0 Å². The lowest BCUT2D eigenvalue weighted by molar-refractivity contribution is 0.0950. The highest BCUT2D eigenvalue weighted by Crippen LogP contribution is 2.12. The minimum Gasteiger partial charge on any atom is -0.478 e. The number of aliphatic hydroxyl groups excluding tert-OH is 2. The zero-order chi connectivity index (χ0) is 14.6. The van der Waals surface area contributed by atoms with E-state index in [4.69, 9.17) is 14.9 Å². The first-order chi connectivity index (χ1) is 9.77. The number of carbonyl (C=O) groups is 1. The van der Waals surface area contributed by atoms with E-state index in [0.29, 0.717) is 44.0 Å². The van der Waals surface area contributed by atoms with E-state index in [0.717, 1.165) is 0 Å². The van der Waals surface area contributed by atoms with Crippen molar-refractivity contribution in [1.82, 2.24) is 10.6 Å². The summed E-state index contributed by atoms with van der Waals surface area (Å²) in [5, 5.41) is 23.0. The zero-order valence-electron chi connectivity index (χ0n) is 11.5. The van der Waals surface area contributed by atoms with Crippen LogP contribution in [0.15, 0.2) is 24.3 Å². The zero-order valence-corrected chi connectivity index (χ0v) is 11.5. The van der Waals surface area contributed by atoms with E-state index in [9.17, 15) is 4.79 Å². The van der Waals surface area contributed by atoms with Crippen LogP contribution in [0.4, 0.5) is 0 Å². The average molecular weight is 282 g/mol. The van der Waals surface area contributed by atoms with Gasteiger partial charge in [0.2, 0.25) is 0 Å². The van der Waals surface area contributed by atoms with Crippen LogP contribution in [0.5, 0.6) is 5.75 Å². The molecule has 20 heavy (non-hydrogen) atoms. The monoisotopic (exact) mass is 282 g/mol. The molecule has 0 fully saturated rings. The number of nitrogens with one attached hydrogen (secondary N) is 2. The number of carbonyl (C=O) groups excluding carboxylic acids is 1. The second-order valence-corrected chi connectivity index (χ2v) is 4.23. The Kier molecular flexibility index (Phi) is 8.37. The Labute approximate surface area is 118 Å². The van der Waals surface area contributed by atoms with Gasteiger partial charge in [-0.1, -0.05) is 6.07 Å². The number of ether oxygens (including phenoxy) is 1. The molecule has 0 aromatic heterocycles. The summed E-state index contributed by atoms with van der Waals surface area (Å²) >= 11 is 0. The molecular formula is C14H22N2O4. The smallest absolute Gasteiger partial charge is 0.251 e. The van der Waals surface area contributed by atoms with Gasteiger partial charge in [-0.15, -0.1) is 0 Å². The van der Waals surface area contributed by atoms with Crippen LogP contribution < -0.4 is 15.4 Å². The highest BCUT2D eigenvalue weighted by molar-refractivity contribution is 5.94. The molecule has 0 atom stereocenters. The van der Waals surface area contributed by atoms with Crippen molar-refractivity contribution in [2.75, 3.05) is 33.0 Å². The Morgan fingerprint density at radius 2 is 1.90 bits per heavy atom. The van der Waals surface area contributed by atoms with E-state index in [2.05, 4.69) is 10.6 Å². The second kappa shape index (κ2) is 10.2. The van der Waals surface area contributed by atoms with Crippen molar-refractivity contribution in [3.63, 3.8) is 0 Å². The van der Waals surface area contributed by atoms with Crippen LogP contribution >= 0.6 is 0 Å². The lowest BCUT2D eigenvalue weighted by atomic mass is 10.2. The van der Waals surface area contributed by atoms with Crippen LogP contribution in [0.2, 0.25) is 0 Å². The van der Waals surface area contributed by atoms with Gasteiger partial charge in [0.1, 0.15) is 12.5 Å². The summed E-state index contributed by atoms with van der Waals surface area (Å²) < 4.78 is 5.46. The number of aliphatic hydroxyl groups is 2. The standard InChI is InChI=1S/C14H22N2O4/c17-8-2-6-15-11-20-13-5-1-4-12(10-13)14(19)16-7-3-9-18/h1,4-5,10,15,17-18H,2-3,6-9,11H2,(H,16,19). The molecule has 6 heteroatoms. The maximum absolute atomic E-state index is 11.8. The van der Waals surface area contributed by atoms with Gasteiger partial charge in [-0.3, -0.25) is 10.1 Å². The number of rotatable bonds is 10. The number of amides is 1. The molecule has 0 saturated carbocycles. The molecule has 6 nitrogen and oxygen atoms in total. The van der Waals surface area contributed by atoms with Crippen molar-refractivity contribution < 1.29 is 19.7 Å². The third kappa shape index (κ3) is 6.51. The van der Waals surface area contributed by atoms with Gasteiger partial charge < -0.3 is 20.3 Å². The normalized spacial score (nSPS) is 10.3. The Bertz CT molecular complexity index is 399. The molecule has 0 aliphatic carbocycles. The summed E-state index contributed by atoms with van der Waals surface area (Å²) in [5.74, 6) is 0.424. The van der Waals surface area contributed by atoms with Crippen molar-refractivity contribution in [3.8, 4) is 5.75 Å². The van der Waals surface area contributed by atoms with Crippen molar-refractivity contribution in [3.05, 3.63) is 29.8 Å². The van der Waals surface area contributed by atoms with Gasteiger partial charge >= 0.3 is 0 Å². The lowest BCUT2D eigenvalue weighted by Crippen LogP contribution is -2.25. The highest BCUT2D eigenvalue weighted by atomic mass is 16.5. The van der Waals surface area contributed by atoms with Gasteiger partial charge in [0.25, 0.3) is 5.91 Å². The molecule has 0 radical (unpaired) electrons. The maximum atomic E-state index is 11.8.